The topological polar surface area (TPSA) is 95.0 Å². The summed E-state index contributed by atoms with van der Waals surface area (Å²) in [4.78, 5) is 25.1. The van der Waals surface area contributed by atoms with Gasteiger partial charge in [-0.25, -0.2) is 8.42 Å². The number of carbonyl (C=O) groups excluding carboxylic acids is 1. The van der Waals surface area contributed by atoms with E-state index in [0.717, 1.165) is 19.3 Å². The Kier molecular flexibility index (Phi) is 6.77. The second-order valence-corrected chi connectivity index (χ2v) is 8.41. The first-order chi connectivity index (χ1) is 12.3. The number of hydrogen-bond acceptors (Lipinski definition) is 4. The number of carboxylic acid groups (broad SMARTS) is 1. The second-order valence-electron chi connectivity index (χ2n) is 6.47. The Morgan fingerprint density at radius 1 is 1.19 bits per heavy atom. The van der Waals surface area contributed by atoms with Gasteiger partial charge in [0, 0.05) is 31.7 Å². The summed E-state index contributed by atoms with van der Waals surface area (Å²) in [6.45, 7) is 4.96. The molecule has 7 nitrogen and oxygen atoms in total. The Morgan fingerprint density at radius 2 is 1.85 bits per heavy atom. The molecule has 2 rings (SSSR count). The van der Waals surface area contributed by atoms with E-state index in [4.69, 9.17) is 5.11 Å². The minimum Gasteiger partial charge on any atom is -0.481 e. The smallest absolute Gasteiger partial charge is 0.305 e. The number of hydrogen-bond donors (Lipinski definition) is 1. The third kappa shape index (κ3) is 4.62. The first-order valence-corrected chi connectivity index (χ1v) is 10.3. The molecule has 1 fully saturated rings. The average molecular weight is 382 g/mol. The van der Waals surface area contributed by atoms with Crippen LogP contribution in [0.3, 0.4) is 0 Å². The summed E-state index contributed by atoms with van der Waals surface area (Å²) in [5.74, 6) is -1.32. The lowest BCUT2D eigenvalue weighted by molar-refractivity contribution is -0.137. The minimum atomic E-state index is -3.62. The number of sulfonamides is 1. The van der Waals surface area contributed by atoms with Gasteiger partial charge in [-0.3, -0.25) is 9.59 Å². The molecule has 0 saturated carbocycles. The molecule has 0 aromatic heterocycles. The molecule has 26 heavy (non-hydrogen) atoms. The van der Waals surface area contributed by atoms with Gasteiger partial charge in [-0.2, -0.15) is 4.31 Å². The zero-order valence-electron chi connectivity index (χ0n) is 15.3. The number of rotatable bonds is 7. The predicted molar refractivity (Wildman–Crippen MR) is 97.6 cm³/mol. The van der Waals surface area contributed by atoms with Gasteiger partial charge in [0.15, 0.2) is 0 Å². The fraction of sp³-hybridized carbons (Fsp3) is 0.556. The van der Waals surface area contributed by atoms with Crippen LogP contribution in [0, 0.1) is 6.92 Å². The van der Waals surface area contributed by atoms with Crippen molar-refractivity contribution in [1.82, 2.24) is 9.21 Å². The molecule has 0 aliphatic carbocycles. The van der Waals surface area contributed by atoms with E-state index < -0.39 is 16.0 Å². The van der Waals surface area contributed by atoms with E-state index in [-0.39, 0.29) is 23.8 Å². The molecule has 0 spiro atoms. The molecule has 1 aliphatic heterocycles. The monoisotopic (exact) mass is 382 g/mol. The number of piperidine rings is 1. The van der Waals surface area contributed by atoms with Crippen LogP contribution in [-0.2, 0) is 14.8 Å². The van der Waals surface area contributed by atoms with E-state index >= 15 is 0 Å². The number of benzene rings is 1. The Bertz CT molecular complexity index is 770. The molecular formula is C18H26N2O5S. The zero-order valence-corrected chi connectivity index (χ0v) is 16.1. The maximum atomic E-state index is 12.9. The first-order valence-electron chi connectivity index (χ1n) is 8.89. The molecule has 1 N–H and O–H groups in total. The highest BCUT2D eigenvalue weighted by Crippen LogP contribution is 2.23. The van der Waals surface area contributed by atoms with E-state index in [1.165, 1.54) is 21.3 Å². The molecule has 144 valence electrons. The summed E-state index contributed by atoms with van der Waals surface area (Å²) in [6.07, 6.45) is 2.56. The van der Waals surface area contributed by atoms with E-state index in [1.807, 2.05) is 0 Å². The van der Waals surface area contributed by atoms with Crippen molar-refractivity contribution < 1.29 is 23.1 Å². The molecular weight excluding hydrogens is 356 g/mol. The van der Waals surface area contributed by atoms with Crippen LogP contribution < -0.4 is 0 Å². The van der Waals surface area contributed by atoms with Crippen molar-refractivity contribution in [2.75, 3.05) is 26.2 Å². The van der Waals surface area contributed by atoms with Gasteiger partial charge >= 0.3 is 5.97 Å². The molecule has 0 radical (unpaired) electrons. The SMILES string of the molecule is CCN(CCC(=O)O)C(=O)c1cc(S(=O)(=O)N2CCCCC2)ccc1C. The minimum absolute atomic E-state index is 0.0905. The molecule has 1 aliphatic rings. The summed E-state index contributed by atoms with van der Waals surface area (Å²) in [5, 5.41) is 8.84. The summed E-state index contributed by atoms with van der Waals surface area (Å²) >= 11 is 0. The van der Waals surface area contributed by atoms with Crippen LogP contribution in [0.5, 0.6) is 0 Å². The van der Waals surface area contributed by atoms with E-state index in [0.29, 0.717) is 30.8 Å². The number of amides is 1. The number of aliphatic carboxylic acids is 1. The van der Waals surface area contributed by atoms with Gasteiger partial charge in [0.1, 0.15) is 0 Å². The fourth-order valence-corrected chi connectivity index (χ4v) is 4.59. The van der Waals surface area contributed by atoms with E-state index in [1.54, 1.807) is 19.9 Å². The molecule has 1 heterocycles. The van der Waals surface area contributed by atoms with Gasteiger partial charge in [0.25, 0.3) is 5.91 Å². The summed E-state index contributed by atoms with van der Waals surface area (Å²) in [7, 11) is -3.62. The van der Waals surface area contributed by atoms with Crippen LogP contribution >= 0.6 is 0 Å². The number of carbonyl (C=O) groups is 2. The lowest BCUT2D eigenvalue weighted by Gasteiger charge is -2.26. The third-order valence-electron chi connectivity index (χ3n) is 4.66. The highest BCUT2D eigenvalue weighted by Gasteiger charge is 2.27. The zero-order chi connectivity index (χ0) is 19.3. The lowest BCUT2D eigenvalue weighted by atomic mass is 10.1. The van der Waals surface area contributed by atoms with Crippen molar-refractivity contribution in [1.29, 1.82) is 0 Å². The second kappa shape index (κ2) is 8.64. The van der Waals surface area contributed by atoms with Crippen molar-refractivity contribution in [2.24, 2.45) is 0 Å². The van der Waals surface area contributed by atoms with Gasteiger partial charge in [0.2, 0.25) is 10.0 Å². The molecule has 1 aromatic rings. The number of carboxylic acids is 1. The summed E-state index contributed by atoms with van der Waals surface area (Å²) < 4.78 is 27.2. The number of nitrogens with zero attached hydrogens (tertiary/aromatic N) is 2. The molecule has 1 saturated heterocycles. The standard InChI is InChI=1S/C18H26N2O5S/c1-3-19(12-9-17(21)22)18(23)16-13-15(8-7-14(16)2)26(24,25)20-10-5-4-6-11-20/h7-8,13H,3-6,9-12H2,1-2H3,(H,21,22). The van der Waals surface area contributed by atoms with E-state index in [2.05, 4.69) is 0 Å². The van der Waals surface area contributed by atoms with Gasteiger partial charge < -0.3 is 10.0 Å². The quantitative estimate of drug-likeness (QED) is 0.779. The van der Waals surface area contributed by atoms with Crippen LogP contribution in [0.4, 0.5) is 0 Å². The Hall–Kier alpha value is -1.93. The van der Waals surface area contributed by atoms with Crippen LogP contribution in [0.2, 0.25) is 0 Å². The van der Waals surface area contributed by atoms with Crippen molar-refractivity contribution >= 4 is 21.9 Å². The summed E-state index contributed by atoms with van der Waals surface area (Å²) in [5.41, 5.74) is 0.969. The van der Waals surface area contributed by atoms with Gasteiger partial charge in [-0.05, 0) is 44.4 Å². The van der Waals surface area contributed by atoms with Crippen molar-refractivity contribution in [3.63, 3.8) is 0 Å². The van der Waals surface area contributed by atoms with Crippen molar-refractivity contribution in [3.8, 4) is 0 Å². The molecule has 8 heteroatoms. The normalized spacial score (nSPS) is 15.6. The lowest BCUT2D eigenvalue weighted by Crippen LogP contribution is -2.36. The maximum absolute atomic E-state index is 12.9. The van der Waals surface area contributed by atoms with Gasteiger partial charge in [-0.15, -0.1) is 0 Å². The van der Waals surface area contributed by atoms with Crippen LogP contribution in [0.15, 0.2) is 23.1 Å². The third-order valence-corrected chi connectivity index (χ3v) is 6.55. The van der Waals surface area contributed by atoms with E-state index in [9.17, 15) is 18.0 Å². The van der Waals surface area contributed by atoms with Crippen LogP contribution in [0.25, 0.3) is 0 Å². The van der Waals surface area contributed by atoms with Crippen molar-refractivity contribution in [2.45, 2.75) is 44.4 Å². The van der Waals surface area contributed by atoms with Crippen LogP contribution in [0.1, 0.15) is 48.5 Å². The Balaban J connectivity index is 2.31. The molecule has 1 aromatic carbocycles. The summed E-state index contributed by atoms with van der Waals surface area (Å²) in [6, 6.07) is 4.59. The van der Waals surface area contributed by atoms with Crippen LogP contribution in [-0.4, -0.2) is 60.8 Å². The van der Waals surface area contributed by atoms with Crippen molar-refractivity contribution in [3.05, 3.63) is 29.3 Å². The maximum Gasteiger partial charge on any atom is 0.305 e. The predicted octanol–water partition coefficient (Wildman–Crippen LogP) is 2.11. The molecule has 1 amide bonds. The molecule has 0 atom stereocenters. The highest BCUT2D eigenvalue weighted by atomic mass is 32.2. The number of aryl methyl sites for hydroxylation is 1. The first kappa shape index (κ1) is 20.4. The Labute approximate surface area is 154 Å². The average Bonchev–Trinajstić information content (AvgIpc) is 2.62. The van der Waals surface area contributed by atoms with Gasteiger partial charge in [0.05, 0.1) is 11.3 Å². The Morgan fingerprint density at radius 3 is 2.42 bits per heavy atom. The molecule has 0 unspecified atom stereocenters. The largest absolute Gasteiger partial charge is 0.481 e. The van der Waals surface area contributed by atoms with Gasteiger partial charge in [-0.1, -0.05) is 12.5 Å². The molecule has 0 bridgehead atoms. The fourth-order valence-electron chi connectivity index (χ4n) is 3.05. The highest BCUT2D eigenvalue weighted by molar-refractivity contribution is 7.89.